The van der Waals surface area contributed by atoms with Gasteiger partial charge in [0.1, 0.15) is 0 Å². The number of aliphatic imine (C=N–C) groups is 1. The van der Waals surface area contributed by atoms with Crippen LogP contribution >= 0.6 is 0 Å². The van der Waals surface area contributed by atoms with E-state index in [2.05, 4.69) is 48.3 Å². The van der Waals surface area contributed by atoms with Gasteiger partial charge in [-0.3, -0.25) is 0 Å². The van der Waals surface area contributed by atoms with Crippen LogP contribution in [0.15, 0.2) is 47.5 Å². The molecule has 108 valence electrons. The van der Waals surface area contributed by atoms with Crippen molar-refractivity contribution in [2.75, 3.05) is 13.1 Å². The first-order chi connectivity index (χ1) is 10.2. The summed E-state index contributed by atoms with van der Waals surface area (Å²) in [6.07, 6.45) is 0. The van der Waals surface area contributed by atoms with Crippen LogP contribution in [0, 0.1) is 6.92 Å². The van der Waals surface area contributed by atoms with Gasteiger partial charge in [0, 0.05) is 19.6 Å². The highest BCUT2D eigenvalue weighted by Crippen LogP contribution is 2.31. The molecule has 0 unspecified atom stereocenters. The zero-order chi connectivity index (χ0) is 14.8. The van der Waals surface area contributed by atoms with Gasteiger partial charge in [-0.25, -0.2) is 4.99 Å². The number of hydrogen-bond donors (Lipinski definition) is 2. The molecule has 0 amide bonds. The molecular weight excluding hydrogens is 260 g/mol. The molecular formula is C17H20N4. The fourth-order valence-corrected chi connectivity index (χ4v) is 2.72. The van der Waals surface area contributed by atoms with Gasteiger partial charge in [-0.2, -0.15) is 0 Å². The summed E-state index contributed by atoms with van der Waals surface area (Å²) in [5.41, 5.74) is 17.5. The fraction of sp³-hybridized carbons (Fsp3) is 0.235. The number of nitrogens with two attached hydrogens (primary N) is 2. The SMILES string of the molecule is Cc1ccccc1-c1ccc2c(c1)CN(CCN)C(N)=N2. The van der Waals surface area contributed by atoms with E-state index in [1.165, 1.54) is 22.3 Å². The third kappa shape index (κ3) is 2.62. The zero-order valence-electron chi connectivity index (χ0n) is 12.2. The van der Waals surface area contributed by atoms with E-state index in [4.69, 9.17) is 11.5 Å². The minimum atomic E-state index is 0.552. The van der Waals surface area contributed by atoms with Crippen molar-refractivity contribution in [3.8, 4) is 11.1 Å². The average molecular weight is 280 g/mol. The Balaban J connectivity index is 2.00. The highest BCUT2D eigenvalue weighted by molar-refractivity contribution is 5.84. The summed E-state index contributed by atoms with van der Waals surface area (Å²) in [6, 6.07) is 14.8. The molecule has 21 heavy (non-hydrogen) atoms. The van der Waals surface area contributed by atoms with Gasteiger partial charge in [-0.1, -0.05) is 30.3 Å². The Morgan fingerprint density at radius 1 is 1.19 bits per heavy atom. The molecule has 4 N–H and O–H groups in total. The van der Waals surface area contributed by atoms with Gasteiger partial charge in [0.2, 0.25) is 0 Å². The van der Waals surface area contributed by atoms with Gasteiger partial charge in [0.25, 0.3) is 0 Å². The van der Waals surface area contributed by atoms with Crippen LogP contribution in [0.4, 0.5) is 5.69 Å². The monoisotopic (exact) mass is 280 g/mol. The van der Waals surface area contributed by atoms with Gasteiger partial charge < -0.3 is 16.4 Å². The summed E-state index contributed by atoms with van der Waals surface area (Å²) in [4.78, 5) is 6.49. The summed E-state index contributed by atoms with van der Waals surface area (Å²) in [5, 5.41) is 0. The molecule has 0 spiro atoms. The second kappa shape index (κ2) is 5.58. The molecule has 0 radical (unpaired) electrons. The van der Waals surface area contributed by atoms with Crippen LogP contribution in [0.3, 0.4) is 0 Å². The molecule has 0 atom stereocenters. The minimum Gasteiger partial charge on any atom is -0.369 e. The lowest BCUT2D eigenvalue weighted by molar-refractivity contribution is 0.412. The van der Waals surface area contributed by atoms with Gasteiger partial charge in [-0.05, 0) is 41.3 Å². The predicted octanol–water partition coefficient (Wildman–Crippen LogP) is 2.38. The highest BCUT2D eigenvalue weighted by Gasteiger charge is 2.17. The fourth-order valence-electron chi connectivity index (χ4n) is 2.72. The van der Waals surface area contributed by atoms with E-state index >= 15 is 0 Å². The Kier molecular flexibility index (Phi) is 3.62. The molecule has 0 bridgehead atoms. The van der Waals surface area contributed by atoms with Crippen LogP contribution in [-0.2, 0) is 6.54 Å². The molecule has 0 fully saturated rings. The number of hydrogen-bond acceptors (Lipinski definition) is 4. The summed E-state index contributed by atoms with van der Waals surface area (Å²) in [7, 11) is 0. The van der Waals surface area contributed by atoms with Crippen LogP contribution in [0.1, 0.15) is 11.1 Å². The maximum Gasteiger partial charge on any atom is 0.196 e. The molecule has 1 aliphatic rings. The van der Waals surface area contributed by atoms with Crippen molar-refractivity contribution >= 4 is 11.6 Å². The molecule has 2 aromatic rings. The molecule has 1 aliphatic heterocycles. The predicted molar refractivity (Wildman–Crippen MR) is 87.4 cm³/mol. The summed E-state index contributed by atoms with van der Waals surface area (Å²) >= 11 is 0. The molecule has 0 aromatic heterocycles. The largest absolute Gasteiger partial charge is 0.369 e. The lowest BCUT2D eigenvalue weighted by atomic mass is 9.97. The third-order valence-electron chi connectivity index (χ3n) is 3.85. The van der Waals surface area contributed by atoms with Crippen molar-refractivity contribution in [2.24, 2.45) is 16.5 Å². The van der Waals surface area contributed by atoms with E-state index < -0.39 is 0 Å². The highest BCUT2D eigenvalue weighted by atomic mass is 15.3. The van der Waals surface area contributed by atoms with E-state index in [0.29, 0.717) is 12.5 Å². The second-order valence-corrected chi connectivity index (χ2v) is 5.34. The number of fused-ring (bicyclic) bond motifs is 1. The van der Waals surface area contributed by atoms with Crippen molar-refractivity contribution in [2.45, 2.75) is 13.5 Å². The van der Waals surface area contributed by atoms with Crippen LogP contribution in [0.2, 0.25) is 0 Å². The Bertz CT molecular complexity index is 691. The van der Waals surface area contributed by atoms with E-state index in [1.807, 2.05) is 11.0 Å². The maximum absolute atomic E-state index is 5.97. The maximum atomic E-state index is 5.97. The zero-order valence-corrected chi connectivity index (χ0v) is 12.2. The van der Waals surface area contributed by atoms with Gasteiger partial charge in [0.15, 0.2) is 5.96 Å². The van der Waals surface area contributed by atoms with Crippen molar-refractivity contribution in [1.82, 2.24) is 4.90 Å². The van der Waals surface area contributed by atoms with Gasteiger partial charge in [0.05, 0.1) is 5.69 Å². The molecule has 2 aromatic carbocycles. The summed E-state index contributed by atoms with van der Waals surface area (Å²) < 4.78 is 0. The molecule has 3 rings (SSSR count). The average Bonchev–Trinajstić information content (AvgIpc) is 2.48. The third-order valence-corrected chi connectivity index (χ3v) is 3.85. The number of benzene rings is 2. The quantitative estimate of drug-likeness (QED) is 0.907. The standard InChI is InChI=1S/C17H20N4/c1-12-4-2-3-5-15(12)13-6-7-16-14(10-13)11-21(9-8-18)17(19)20-16/h2-7,10H,8-9,11,18H2,1H3,(H2,19,20). The number of rotatable bonds is 3. The summed E-state index contributed by atoms with van der Waals surface area (Å²) in [5.74, 6) is 0.552. The Labute approximate surface area is 125 Å². The molecule has 0 saturated heterocycles. The lowest BCUT2D eigenvalue weighted by Crippen LogP contribution is -2.41. The van der Waals surface area contributed by atoms with Crippen LogP contribution < -0.4 is 11.5 Å². The van der Waals surface area contributed by atoms with Crippen molar-refractivity contribution < 1.29 is 0 Å². The van der Waals surface area contributed by atoms with E-state index in [0.717, 1.165) is 18.8 Å². The lowest BCUT2D eigenvalue weighted by Gasteiger charge is -2.28. The summed E-state index contributed by atoms with van der Waals surface area (Å²) in [6.45, 7) is 4.19. The molecule has 0 aliphatic carbocycles. The first-order valence-electron chi connectivity index (χ1n) is 7.17. The normalized spacial score (nSPS) is 13.8. The Hall–Kier alpha value is -2.33. The van der Waals surface area contributed by atoms with E-state index in [9.17, 15) is 0 Å². The minimum absolute atomic E-state index is 0.552. The van der Waals surface area contributed by atoms with Gasteiger partial charge >= 0.3 is 0 Å². The van der Waals surface area contributed by atoms with Crippen LogP contribution in [-0.4, -0.2) is 23.9 Å². The number of aryl methyl sites for hydroxylation is 1. The molecule has 0 saturated carbocycles. The van der Waals surface area contributed by atoms with Gasteiger partial charge in [-0.15, -0.1) is 0 Å². The molecule has 4 nitrogen and oxygen atoms in total. The number of nitrogens with zero attached hydrogens (tertiary/aromatic N) is 2. The first kappa shape index (κ1) is 13.6. The Morgan fingerprint density at radius 3 is 2.76 bits per heavy atom. The molecule has 4 heteroatoms. The number of guanidine groups is 1. The van der Waals surface area contributed by atoms with Crippen LogP contribution in [0.25, 0.3) is 11.1 Å². The van der Waals surface area contributed by atoms with E-state index in [-0.39, 0.29) is 0 Å². The first-order valence-corrected chi connectivity index (χ1v) is 7.17. The van der Waals surface area contributed by atoms with Crippen molar-refractivity contribution in [3.63, 3.8) is 0 Å². The van der Waals surface area contributed by atoms with Crippen molar-refractivity contribution in [1.29, 1.82) is 0 Å². The smallest absolute Gasteiger partial charge is 0.196 e. The Morgan fingerprint density at radius 2 is 2.00 bits per heavy atom. The van der Waals surface area contributed by atoms with Crippen LogP contribution in [0.5, 0.6) is 0 Å². The van der Waals surface area contributed by atoms with E-state index in [1.54, 1.807) is 0 Å². The second-order valence-electron chi connectivity index (χ2n) is 5.34. The van der Waals surface area contributed by atoms with Crippen molar-refractivity contribution in [3.05, 3.63) is 53.6 Å². The topological polar surface area (TPSA) is 67.6 Å². The molecule has 1 heterocycles.